The van der Waals surface area contributed by atoms with E-state index in [1.807, 2.05) is 48.6 Å². The molecule has 0 amide bonds. The van der Waals surface area contributed by atoms with Crippen LogP contribution in [-0.4, -0.2) is 34.3 Å². The van der Waals surface area contributed by atoms with Crippen molar-refractivity contribution in [2.24, 2.45) is 0 Å². The van der Waals surface area contributed by atoms with Crippen LogP contribution in [0.15, 0.2) is 71.2 Å². The van der Waals surface area contributed by atoms with Gasteiger partial charge in [0.25, 0.3) is 0 Å². The lowest BCUT2D eigenvalue weighted by atomic mass is 9.77. The number of hydrogen-bond donors (Lipinski definition) is 1. The SMILES string of the molecule is C#Cc1ccc2c(c1)C(C)(C)C(/C=C1/C(=O)C(/C=C3/N(CC)c4ccc(C#C)cc4C3(C)C)=C1O)=[N+]2CC. The van der Waals surface area contributed by atoms with Gasteiger partial charge in [-0.1, -0.05) is 25.7 Å². The zero-order chi connectivity index (χ0) is 27.6. The number of rotatable bonds is 4. The summed E-state index contributed by atoms with van der Waals surface area (Å²) >= 11 is 0. The van der Waals surface area contributed by atoms with E-state index in [4.69, 9.17) is 12.8 Å². The van der Waals surface area contributed by atoms with Crippen molar-refractivity contribution < 1.29 is 14.5 Å². The lowest BCUT2D eigenvalue weighted by Crippen LogP contribution is -2.32. The van der Waals surface area contributed by atoms with E-state index >= 15 is 0 Å². The molecule has 1 aliphatic carbocycles. The topological polar surface area (TPSA) is 43.6 Å². The monoisotopic (exact) mass is 501 g/mol. The Morgan fingerprint density at radius 1 is 0.947 bits per heavy atom. The van der Waals surface area contributed by atoms with Crippen LogP contribution in [0.2, 0.25) is 0 Å². The number of aliphatic hydroxyl groups is 1. The first-order valence-corrected chi connectivity index (χ1v) is 13.1. The number of Topliss-reactive ketones (excluding diaryl/α,β-unsaturated/α-hetero) is 1. The first-order chi connectivity index (χ1) is 18.0. The van der Waals surface area contributed by atoms with Gasteiger partial charge in [0.1, 0.15) is 12.3 Å². The van der Waals surface area contributed by atoms with Crippen molar-refractivity contribution in [3.8, 4) is 24.7 Å². The molecule has 0 unspecified atom stereocenters. The van der Waals surface area contributed by atoms with E-state index in [2.05, 4.69) is 62.9 Å². The maximum atomic E-state index is 13.5. The van der Waals surface area contributed by atoms with Crippen LogP contribution in [0, 0.1) is 24.7 Å². The first-order valence-electron chi connectivity index (χ1n) is 13.1. The molecular weight excluding hydrogens is 468 g/mol. The lowest BCUT2D eigenvalue weighted by molar-refractivity contribution is -0.433. The Hall–Kier alpha value is -4.28. The normalized spacial score (nSPS) is 20.9. The number of carbonyl (C=O) groups is 1. The number of nitrogens with zero attached hydrogens (tertiary/aromatic N) is 2. The van der Waals surface area contributed by atoms with Crippen molar-refractivity contribution in [2.45, 2.75) is 52.4 Å². The number of ketones is 1. The number of fused-ring (bicyclic) bond motifs is 2. The molecule has 0 fully saturated rings. The molecule has 0 saturated heterocycles. The van der Waals surface area contributed by atoms with Crippen molar-refractivity contribution >= 4 is 22.9 Å². The molecule has 1 N–H and O–H groups in total. The minimum absolute atomic E-state index is 0.0363. The van der Waals surface area contributed by atoms with Crippen LogP contribution in [0.25, 0.3) is 0 Å². The summed E-state index contributed by atoms with van der Waals surface area (Å²) in [4.78, 5) is 15.7. The van der Waals surface area contributed by atoms with Gasteiger partial charge < -0.3 is 10.0 Å². The van der Waals surface area contributed by atoms with Gasteiger partial charge in [0.2, 0.25) is 11.5 Å². The van der Waals surface area contributed by atoms with E-state index in [-0.39, 0.29) is 22.4 Å². The van der Waals surface area contributed by atoms with Gasteiger partial charge in [-0.15, -0.1) is 12.8 Å². The number of likely N-dealkylation sites (N-methyl/N-ethyl adjacent to an activating group) is 1. The number of allylic oxidation sites excluding steroid dienone is 5. The van der Waals surface area contributed by atoms with E-state index < -0.39 is 0 Å². The molecule has 0 spiro atoms. The summed E-state index contributed by atoms with van der Waals surface area (Å²) in [5.74, 6) is 5.33. The second kappa shape index (κ2) is 8.64. The third-order valence-corrected chi connectivity index (χ3v) is 8.31. The number of hydrogen-bond acceptors (Lipinski definition) is 3. The Kier molecular flexibility index (Phi) is 5.77. The molecule has 2 aromatic carbocycles. The highest BCUT2D eigenvalue weighted by Gasteiger charge is 2.47. The average molecular weight is 502 g/mol. The van der Waals surface area contributed by atoms with E-state index in [1.54, 1.807) is 0 Å². The van der Waals surface area contributed by atoms with Crippen LogP contribution < -0.4 is 4.90 Å². The standard InChI is InChI=1S/C34H32N2O2/c1-9-21-13-15-27-25(17-21)33(5,6)29(35(27)11-3)19-23-31(37)24(32(23)38)20-30-34(7,8)26-18-22(10-2)14-16-28(26)36(30)12-4/h1-2,13-20H,11-12H2,3-8H3/p+1. The molecule has 0 saturated carbocycles. The first kappa shape index (κ1) is 25.4. The molecule has 190 valence electrons. The van der Waals surface area contributed by atoms with Gasteiger partial charge in [-0.3, -0.25) is 4.79 Å². The lowest BCUT2D eigenvalue weighted by Gasteiger charge is -2.28. The smallest absolute Gasteiger partial charge is 0.209 e. The molecule has 4 nitrogen and oxygen atoms in total. The summed E-state index contributed by atoms with van der Waals surface area (Å²) in [6.45, 7) is 14.1. The fourth-order valence-electron chi connectivity index (χ4n) is 6.12. The molecule has 2 aromatic rings. The minimum atomic E-state index is -0.372. The van der Waals surface area contributed by atoms with Gasteiger partial charge in [-0.25, -0.2) is 0 Å². The average Bonchev–Trinajstić information content (AvgIpc) is 3.26. The Balaban J connectivity index is 1.58. The van der Waals surface area contributed by atoms with Crippen LogP contribution in [0.4, 0.5) is 11.4 Å². The molecule has 0 bridgehead atoms. The van der Waals surface area contributed by atoms with E-state index in [9.17, 15) is 9.90 Å². The van der Waals surface area contributed by atoms with Crippen LogP contribution in [0.5, 0.6) is 0 Å². The van der Waals surface area contributed by atoms with Crippen molar-refractivity contribution in [3.63, 3.8) is 0 Å². The molecule has 0 atom stereocenters. The fraction of sp³-hybridized carbons (Fsp3) is 0.294. The highest BCUT2D eigenvalue weighted by Crippen LogP contribution is 2.49. The molecule has 38 heavy (non-hydrogen) atoms. The maximum Gasteiger partial charge on any atom is 0.209 e. The molecule has 5 rings (SSSR count). The predicted octanol–water partition coefficient (Wildman–Crippen LogP) is 6.07. The van der Waals surface area contributed by atoms with Gasteiger partial charge in [0, 0.05) is 52.2 Å². The second-order valence-corrected chi connectivity index (χ2v) is 11.1. The number of carbonyl (C=O) groups excluding carboxylic acids is 1. The van der Waals surface area contributed by atoms with Gasteiger partial charge in [-0.2, -0.15) is 4.58 Å². The van der Waals surface area contributed by atoms with Crippen LogP contribution in [-0.2, 0) is 15.6 Å². The molecule has 3 aliphatic rings. The fourth-order valence-corrected chi connectivity index (χ4v) is 6.12. The van der Waals surface area contributed by atoms with E-state index in [0.29, 0.717) is 11.1 Å². The molecule has 0 radical (unpaired) electrons. The van der Waals surface area contributed by atoms with Crippen LogP contribution in [0.1, 0.15) is 63.8 Å². The molecule has 4 heteroatoms. The summed E-state index contributed by atoms with van der Waals surface area (Å²) in [5, 5.41) is 11.2. The van der Waals surface area contributed by atoms with Crippen molar-refractivity contribution in [2.75, 3.05) is 18.0 Å². The van der Waals surface area contributed by atoms with Gasteiger partial charge in [-0.05, 0) is 69.7 Å². The summed E-state index contributed by atoms with van der Waals surface area (Å²) in [7, 11) is 0. The van der Waals surface area contributed by atoms with Gasteiger partial charge >= 0.3 is 0 Å². The summed E-state index contributed by atoms with van der Waals surface area (Å²) in [6.07, 6.45) is 15.0. The van der Waals surface area contributed by atoms with E-state index in [1.165, 1.54) is 0 Å². The maximum absolute atomic E-state index is 13.5. The quantitative estimate of drug-likeness (QED) is 0.314. The minimum Gasteiger partial charge on any atom is -0.506 e. The van der Waals surface area contributed by atoms with Crippen LogP contribution in [0.3, 0.4) is 0 Å². The predicted molar refractivity (Wildman–Crippen MR) is 154 cm³/mol. The summed E-state index contributed by atoms with van der Waals surface area (Å²) in [6, 6.07) is 12.1. The Bertz CT molecular complexity index is 1630. The Morgan fingerprint density at radius 3 is 2.16 bits per heavy atom. The van der Waals surface area contributed by atoms with E-state index in [0.717, 1.165) is 58.1 Å². The molecule has 0 aromatic heterocycles. The number of terminal acetylenes is 2. The highest BCUT2D eigenvalue weighted by atomic mass is 16.3. The zero-order valence-electron chi connectivity index (χ0n) is 22.9. The Labute approximate surface area is 225 Å². The van der Waals surface area contributed by atoms with Crippen LogP contribution >= 0.6 is 0 Å². The van der Waals surface area contributed by atoms with Crippen molar-refractivity contribution in [1.29, 1.82) is 0 Å². The Morgan fingerprint density at radius 2 is 1.58 bits per heavy atom. The number of benzene rings is 2. The molecular formula is C34H33N2O2+. The van der Waals surface area contributed by atoms with Gasteiger partial charge in [0.15, 0.2) is 5.71 Å². The summed E-state index contributed by atoms with van der Waals surface area (Å²) < 4.78 is 2.19. The molecule has 2 aliphatic heterocycles. The van der Waals surface area contributed by atoms with Gasteiger partial charge in [0.05, 0.1) is 16.6 Å². The third kappa shape index (κ3) is 3.41. The largest absolute Gasteiger partial charge is 0.506 e. The second-order valence-electron chi connectivity index (χ2n) is 11.1. The number of aliphatic hydroxyl groups excluding tert-OH is 1. The molecule has 2 heterocycles. The number of anilines is 1. The highest BCUT2D eigenvalue weighted by molar-refractivity contribution is 6.24. The zero-order valence-corrected chi connectivity index (χ0v) is 22.9. The third-order valence-electron chi connectivity index (χ3n) is 8.31. The van der Waals surface area contributed by atoms with Crippen molar-refractivity contribution in [1.82, 2.24) is 0 Å². The summed E-state index contributed by atoms with van der Waals surface area (Å²) in [5.41, 5.74) is 7.93. The van der Waals surface area contributed by atoms with Crippen molar-refractivity contribution in [3.05, 3.63) is 93.4 Å².